The van der Waals surface area contributed by atoms with Crippen molar-refractivity contribution in [3.63, 3.8) is 0 Å². The first-order valence-electron chi connectivity index (χ1n) is 6.87. The van der Waals surface area contributed by atoms with Gasteiger partial charge in [-0.15, -0.1) is 0 Å². The lowest BCUT2D eigenvalue weighted by Gasteiger charge is -2.10. The lowest BCUT2D eigenvalue weighted by atomic mass is 10.1. The van der Waals surface area contributed by atoms with Crippen LogP contribution in [0, 0.1) is 13.8 Å². The van der Waals surface area contributed by atoms with Gasteiger partial charge in [-0.05, 0) is 31.5 Å². The Hall–Kier alpha value is -2.35. The van der Waals surface area contributed by atoms with Gasteiger partial charge in [0.05, 0.1) is 11.2 Å². The monoisotopic (exact) mass is 262 g/mol. The van der Waals surface area contributed by atoms with E-state index in [1.54, 1.807) is 0 Å². The Kier molecular flexibility index (Phi) is 3.38. The molecular weight excluding hydrogens is 244 g/mol. The first-order valence-corrected chi connectivity index (χ1v) is 6.87. The molecule has 2 nitrogen and oxygen atoms in total. The third-order valence-electron chi connectivity index (χ3n) is 3.40. The molecule has 0 bridgehead atoms. The number of anilines is 1. The summed E-state index contributed by atoms with van der Waals surface area (Å²) in [7, 11) is 0. The fraction of sp³-hybridized carbons (Fsp3) is 0.167. The van der Waals surface area contributed by atoms with Crippen LogP contribution in [0.3, 0.4) is 0 Å². The highest BCUT2D eigenvalue weighted by atomic mass is 14.9. The van der Waals surface area contributed by atoms with E-state index in [4.69, 9.17) is 0 Å². The van der Waals surface area contributed by atoms with Gasteiger partial charge in [0.2, 0.25) is 0 Å². The van der Waals surface area contributed by atoms with Crippen molar-refractivity contribution in [1.29, 1.82) is 0 Å². The van der Waals surface area contributed by atoms with Crippen molar-refractivity contribution >= 4 is 16.6 Å². The Morgan fingerprint density at radius 3 is 2.50 bits per heavy atom. The molecule has 1 heterocycles. The van der Waals surface area contributed by atoms with Crippen LogP contribution in [-0.4, -0.2) is 4.98 Å². The zero-order valence-electron chi connectivity index (χ0n) is 11.9. The van der Waals surface area contributed by atoms with E-state index in [0.29, 0.717) is 0 Å². The largest absolute Gasteiger partial charge is 0.379 e. The van der Waals surface area contributed by atoms with Gasteiger partial charge >= 0.3 is 0 Å². The number of rotatable bonds is 3. The molecule has 0 aliphatic heterocycles. The van der Waals surface area contributed by atoms with Crippen LogP contribution >= 0.6 is 0 Å². The molecule has 0 spiro atoms. The number of hydrogen-bond donors (Lipinski definition) is 1. The molecule has 0 aliphatic rings. The average Bonchev–Trinajstić information content (AvgIpc) is 2.44. The Labute approximate surface area is 119 Å². The van der Waals surface area contributed by atoms with Crippen molar-refractivity contribution in [1.82, 2.24) is 4.98 Å². The molecule has 0 saturated carbocycles. The summed E-state index contributed by atoms with van der Waals surface area (Å²) in [5.41, 5.74) is 6.02. The summed E-state index contributed by atoms with van der Waals surface area (Å²) < 4.78 is 0. The molecular formula is C18H18N2. The second-order valence-corrected chi connectivity index (χ2v) is 5.23. The van der Waals surface area contributed by atoms with E-state index in [-0.39, 0.29) is 0 Å². The first-order chi connectivity index (χ1) is 9.72. The average molecular weight is 262 g/mol. The van der Waals surface area contributed by atoms with Crippen LogP contribution in [0.25, 0.3) is 10.9 Å². The number of aryl methyl sites for hydroxylation is 2. The maximum atomic E-state index is 4.47. The van der Waals surface area contributed by atoms with Gasteiger partial charge < -0.3 is 5.32 Å². The van der Waals surface area contributed by atoms with Crippen LogP contribution in [0.5, 0.6) is 0 Å². The van der Waals surface area contributed by atoms with Gasteiger partial charge in [-0.3, -0.25) is 4.98 Å². The molecule has 0 radical (unpaired) electrons. The number of hydrogen-bond acceptors (Lipinski definition) is 2. The van der Waals surface area contributed by atoms with E-state index < -0.39 is 0 Å². The van der Waals surface area contributed by atoms with Crippen molar-refractivity contribution < 1.29 is 0 Å². The number of benzene rings is 2. The quantitative estimate of drug-likeness (QED) is 0.753. The molecule has 0 unspecified atom stereocenters. The van der Waals surface area contributed by atoms with Crippen LogP contribution in [0.1, 0.15) is 16.7 Å². The third-order valence-corrected chi connectivity index (χ3v) is 3.40. The Bertz CT molecular complexity index is 722. The minimum absolute atomic E-state index is 0.818. The fourth-order valence-corrected chi connectivity index (χ4v) is 2.62. The number of pyridine rings is 1. The van der Waals surface area contributed by atoms with E-state index in [9.17, 15) is 0 Å². The predicted molar refractivity (Wildman–Crippen MR) is 85.0 cm³/mol. The maximum absolute atomic E-state index is 4.47. The van der Waals surface area contributed by atoms with Gasteiger partial charge in [-0.1, -0.05) is 47.5 Å². The van der Waals surface area contributed by atoms with E-state index in [1.165, 1.54) is 16.7 Å². The third kappa shape index (κ3) is 2.64. The van der Waals surface area contributed by atoms with Gasteiger partial charge in [0, 0.05) is 18.1 Å². The van der Waals surface area contributed by atoms with Crippen molar-refractivity contribution in [3.8, 4) is 0 Å². The Morgan fingerprint density at radius 1 is 0.950 bits per heavy atom. The minimum Gasteiger partial charge on any atom is -0.379 e. The molecule has 1 N–H and O–H groups in total. The van der Waals surface area contributed by atoms with Gasteiger partial charge in [0.1, 0.15) is 0 Å². The molecule has 0 aliphatic carbocycles. The summed E-state index contributed by atoms with van der Waals surface area (Å²) >= 11 is 0. The summed E-state index contributed by atoms with van der Waals surface area (Å²) in [5.74, 6) is 0. The summed E-state index contributed by atoms with van der Waals surface area (Å²) in [6, 6.07) is 16.9. The Balaban J connectivity index is 1.87. The van der Waals surface area contributed by atoms with E-state index in [2.05, 4.69) is 66.6 Å². The molecule has 0 atom stereocenters. The van der Waals surface area contributed by atoms with Gasteiger partial charge in [-0.2, -0.15) is 0 Å². The molecule has 3 aromatic rings. The minimum atomic E-state index is 0.818. The zero-order valence-corrected chi connectivity index (χ0v) is 11.9. The predicted octanol–water partition coefficient (Wildman–Crippen LogP) is 4.46. The van der Waals surface area contributed by atoms with E-state index in [0.717, 1.165) is 23.1 Å². The smallest absolute Gasteiger partial charge is 0.0933 e. The molecule has 100 valence electrons. The first kappa shape index (κ1) is 12.7. The standard InChI is InChI=1S/C18H18N2/c1-13-9-14(2)11-15(10-13)12-20-17-7-3-5-16-6-4-8-19-18(16)17/h3-11,20H,12H2,1-2H3. The Morgan fingerprint density at radius 2 is 1.70 bits per heavy atom. The summed E-state index contributed by atoms with van der Waals surface area (Å²) in [6.45, 7) is 5.09. The van der Waals surface area contributed by atoms with E-state index in [1.807, 2.05) is 12.3 Å². The van der Waals surface area contributed by atoms with E-state index >= 15 is 0 Å². The molecule has 20 heavy (non-hydrogen) atoms. The van der Waals surface area contributed by atoms with Crippen LogP contribution in [-0.2, 0) is 6.54 Å². The molecule has 2 heteroatoms. The maximum Gasteiger partial charge on any atom is 0.0933 e. The molecule has 1 aromatic heterocycles. The SMILES string of the molecule is Cc1cc(C)cc(CNc2cccc3cccnc23)c1. The molecule has 0 fully saturated rings. The second kappa shape index (κ2) is 5.33. The number of aromatic nitrogens is 1. The fourth-order valence-electron chi connectivity index (χ4n) is 2.62. The summed E-state index contributed by atoms with van der Waals surface area (Å²) in [5, 5.41) is 4.66. The highest BCUT2D eigenvalue weighted by Crippen LogP contribution is 2.21. The highest BCUT2D eigenvalue weighted by molar-refractivity contribution is 5.90. The van der Waals surface area contributed by atoms with Crippen molar-refractivity contribution in [2.24, 2.45) is 0 Å². The lowest BCUT2D eigenvalue weighted by Crippen LogP contribution is -2.01. The number of fused-ring (bicyclic) bond motifs is 1. The van der Waals surface area contributed by atoms with Crippen LogP contribution < -0.4 is 5.32 Å². The van der Waals surface area contributed by atoms with Crippen molar-refractivity contribution in [2.75, 3.05) is 5.32 Å². The van der Waals surface area contributed by atoms with Crippen molar-refractivity contribution in [2.45, 2.75) is 20.4 Å². The summed E-state index contributed by atoms with van der Waals surface area (Å²) in [4.78, 5) is 4.47. The van der Waals surface area contributed by atoms with Crippen LogP contribution in [0.4, 0.5) is 5.69 Å². The number of nitrogens with zero attached hydrogens (tertiary/aromatic N) is 1. The van der Waals surface area contributed by atoms with Gasteiger partial charge in [-0.25, -0.2) is 0 Å². The van der Waals surface area contributed by atoms with Crippen LogP contribution in [0.15, 0.2) is 54.7 Å². The second-order valence-electron chi connectivity index (χ2n) is 5.23. The number of para-hydroxylation sites is 1. The summed E-state index contributed by atoms with van der Waals surface area (Å²) in [6.07, 6.45) is 1.84. The molecule has 0 amide bonds. The highest BCUT2D eigenvalue weighted by Gasteiger charge is 2.02. The molecule has 3 rings (SSSR count). The van der Waals surface area contributed by atoms with Gasteiger partial charge in [0.25, 0.3) is 0 Å². The molecule has 0 saturated heterocycles. The number of nitrogens with one attached hydrogen (secondary N) is 1. The lowest BCUT2D eigenvalue weighted by molar-refractivity contribution is 1.13. The topological polar surface area (TPSA) is 24.9 Å². The van der Waals surface area contributed by atoms with Gasteiger partial charge in [0.15, 0.2) is 0 Å². The van der Waals surface area contributed by atoms with Crippen LogP contribution in [0.2, 0.25) is 0 Å². The molecule has 2 aromatic carbocycles. The van der Waals surface area contributed by atoms with Crippen molar-refractivity contribution in [3.05, 3.63) is 71.4 Å². The normalized spacial score (nSPS) is 10.7. The zero-order chi connectivity index (χ0) is 13.9.